The average molecular weight is 180 g/mol. The molecule has 0 aromatic carbocycles. The maximum Gasteiger partial charge on any atom is -0.0355 e. The first-order valence-electron chi connectivity index (χ1n) is 6.33. The van der Waals surface area contributed by atoms with Crippen LogP contribution in [-0.2, 0) is 0 Å². The van der Waals surface area contributed by atoms with Crippen molar-refractivity contribution in [2.24, 2.45) is 23.7 Å². The van der Waals surface area contributed by atoms with Crippen LogP contribution in [-0.4, -0.2) is 0 Å². The summed E-state index contributed by atoms with van der Waals surface area (Å²) >= 11 is 0. The molecule has 0 radical (unpaired) electrons. The topological polar surface area (TPSA) is 0 Å². The molecule has 2 aliphatic rings. The molecule has 4 unspecified atom stereocenters. The zero-order valence-corrected chi connectivity index (χ0v) is 9.26. The summed E-state index contributed by atoms with van der Waals surface area (Å²) in [5, 5.41) is 0. The molecule has 0 bridgehead atoms. The number of hydrogen-bond acceptors (Lipinski definition) is 0. The quantitative estimate of drug-likeness (QED) is 0.609. The molecule has 0 spiro atoms. The van der Waals surface area contributed by atoms with Crippen molar-refractivity contribution in [3.05, 3.63) is 0 Å². The highest BCUT2D eigenvalue weighted by molar-refractivity contribution is 4.92. The summed E-state index contributed by atoms with van der Waals surface area (Å²) in [6.07, 6.45) is 10.6. The van der Waals surface area contributed by atoms with E-state index in [1.807, 2.05) is 0 Å². The number of unbranched alkanes of at least 4 members (excludes halogenated alkanes) is 1. The second-order valence-corrected chi connectivity index (χ2v) is 5.37. The number of rotatable bonds is 3. The first-order valence-corrected chi connectivity index (χ1v) is 6.33. The van der Waals surface area contributed by atoms with Gasteiger partial charge in [-0.3, -0.25) is 0 Å². The number of fused-ring (bicyclic) bond motifs is 1. The van der Waals surface area contributed by atoms with Gasteiger partial charge in [-0.25, -0.2) is 0 Å². The Balaban J connectivity index is 1.92. The minimum Gasteiger partial charge on any atom is -0.0654 e. The molecule has 0 heterocycles. The molecule has 2 aliphatic carbocycles. The molecule has 2 rings (SSSR count). The van der Waals surface area contributed by atoms with Crippen molar-refractivity contribution >= 4 is 0 Å². The van der Waals surface area contributed by atoms with Crippen LogP contribution in [0, 0.1) is 23.7 Å². The molecule has 0 aromatic heterocycles. The molecule has 0 amide bonds. The molecule has 0 aliphatic heterocycles. The SMILES string of the molecule is CCCCC1C(C)CC2CCCC21. The van der Waals surface area contributed by atoms with Gasteiger partial charge in [0.2, 0.25) is 0 Å². The zero-order chi connectivity index (χ0) is 9.26. The maximum atomic E-state index is 2.50. The van der Waals surface area contributed by atoms with E-state index in [0.717, 1.165) is 23.7 Å². The number of hydrogen-bond donors (Lipinski definition) is 0. The smallest absolute Gasteiger partial charge is 0.0355 e. The summed E-state index contributed by atoms with van der Waals surface area (Å²) in [7, 11) is 0. The fourth-order valence-corrected chi connectivity index (χ4v) is 3.93. The zero-order valence-electron chi connectivity index (χ0n) is 9.26. The lowest BCUT2D eigenvalue weighted by Gasteiger charge is -2.21. The summed E-state index contributed by atoms with van der Waals surface area (Å²) in [5.41, 5.74) is 0. The molecule has 0 N–H and O–H groups in total. The van der Waals surface area contributed by atoms with Crippen LogP contribution in [0.15, 0.2) is 0 Å². The third kappa shape index (κ3) is 1.78. The third-order valence-electron chi connectivity index (χ3n) is 4.56. The van der Waals surface area contributed by atoms with E-state index in [-0.39, 0.29) is 0 Å². The Labute approximate surface area is 83.1 Å². The van der Waals surface area contributed by atoms with Crippen molar-refractivity contribution < 1.29 is 0 Å². The lowest BCUT2D eigenvalue weighted by Crippen LogP contribution is -2.13. The molecular weight excluding hydrogens is 156 g/mol. The molecule has 2 fully saturated rings. The Kier molecular flexibility index (Phi) is 2.96. The first kappa shape index (κ1) is 9.55. The van der Waals surface area contributed by atoms with Gasteiger partial charge in [0.05, 0.1) is 0 Å². The van der Waals surface area contributed by atoms with Crippen LogP contribution in [0.1, 0.15) is 58.8 Å². The second kappa shape index (κ2) is 4.02. The second-order valence-electron chi connectivity index (χ2n) is 5.37. The molecule has 4 atom stereocenters. The van der Waals surface area contributed by atoms with E-state index in [2.05, 4.69) is 13.8 Å². The summed E-state index contributed by atoms with van der Waals surface area (Å²) in [5.74, 6) is 4.42. The molecule has 0 saturated heterocycles. The van der Waals surface area contributed by atoms with Gasteiger partial charge in [-0.15, -0.1) is 0 Å². The van der Waals surface area contributed by atoms with Crippen LogP contribution in [0.3, 0.4) is 0 Å². The Morgan fingerprint density at radius 1 is 1.23 bits per heavy atom. The summed E-state index contributed by atoms with van der Waals surface area (Å²) < 4.78 is 0. The molecule has 0 aromatic rings. The van der Waals surface area contributed by atoms with Crippen LogP contribution >= 0.6 is 0 Å². The van der Waals surface area contributed by atoms with Crippen molar-refractivity contribution in [3.8, 4) is 0 Å². The highest BCUT2D eigenvalue weighted by Gasteiger charge is 2.42. The average Bonchev–Trinajstić information content (AvgIpc) is 2.62. The van der Waals surface area contributed by atoms with Crippen LogP contribution in [0.4, 0.5) is 0 Å². The van der Waals surface area contributed by atoms with Crippen molar-refractivity contribution in [2.75, 3.05) is 0 Å². The Morgan fingerprint density at radius 2 is 2.08 bits per heavy atom. The third-order valence-corrected chi connectivity index (χ3v) is 4.56. The predicted molar refractivity (Wildman–Crippen MR) is 57.6 cm³/mol. The highest BCUT2D eigenvalue weighted by Crippen LogP contribution is 2.51. The summed E-state index contributed by atoms with van der Waals surface area (Å²) in [4.78, 5) is 0. The van der Waals surface area contributed by atoms with Gasteiger partial charge in [0.15, 0.2) is 0 Å². The van der Waals surface area contributed by atoms with E-state index < -0.39 is 0 Å². The van der Waals surface area contributed by atoms with E-state index in [9.17, 15) is 0 Å². The highest BCUT2D eigenvalue weighted by atomic mass is 14.5. The largest absolute Gasteiger partial charge is 0.0654 e. The van der Waals surface area contributed by atoms with Gasteiger partial charge in [0.1, 0.15) is 0 Å². The normalized spacial score (nSPS) is 43.8. The summed E-state index contributed by atoms with van der Waals surface area (Å²) in [6.45, 7) is 4.82. The van der Waals surface area contributed by atoms with Gasteiger partial charge < -0.3 is 0 Å². The van der Waals surface area contributed by atoms with Crippen LogP contribution in [0.2, 0.25) is 0 Å². The molecule has 2 saturated carbocycles. The lowest BCUT2D eigenvalue weighted by molar-refractivity contribution is 0.287. The van der Waals surface area contributed by atoms with Gasteiger partial charge in [0.25, 0.3) is 0 Å². The van der Waals surface area contributed by atoms with Crippen LogP contribution in [0.25, 0.3) is 0 Å². The molecule has 0 heteroatoms. The van der Waals surface area contributed by atoms with Crippen molar-refractivity contribution in [1.29, 1.82) is 0 Å². The lowest BCUT2D eigenvalue weighted by atomic mass is 9.84. The van der Waals surface area contributed by atoms with Gasteiger partial charge >= 0.3 is 0 Å². The standard InChI is InChI=1S/C13H24/c1-3-4-7-12-10(2)9-11-6-5-8-13(11)12/h10-13H,3-9H2,1-2H3. The van der Waals surface area contributed by atoms with Crippen molar-refractivity contribution in [2.45, 2.75) is 58.8 Å². The fourth-order valence-electron chi connectivity index (χ4n) is 3.93. The summed E-state index contributed by atoms with van der Waals surface area (Å²) in [6, 6.07) is 0. The van der Waals surface area contributed by atoms with Gasteiger partial charge in [0, 0.05) is 0 Å². The molecule has 13 heavy (non-hydrogen) atoms. The molecule has 76 valence electrons. The minimum atomic E-state index is 1.04. The van der Waals surface area contributed by atoms with E-state index in [1.165, 1.54) is 25.7 Å². The Morgan fingerprint density at radius 3 is 2.85 bits per heavy atom. The Hall–Kier alpha value is 0. The fraction of sp³-hybridized carbons (Fsp3) is 1.00. The van der Waals surface area contributed by atoms with Crippen molar-refractivity contribution in [1.82, 2.24) is 0 Å². The van der Waals surface area contributed by atoms with Gasteiger partial charge in [-0.2, -0.15) is 0 Å². The van der Waals surface area contributed by atoms with E-state index >= 15 is 0 Å². The minimum absolute atomic E-state index is 1.04. The molecular formula is C13H24. The van der Waals surface area contributed by atoms with Gasteiger partial charge in [-0.1, -0.05) is 39.5 Å². The van der Waals surface area contributed by atoms with E-state index in [4.69, 9.17) is 0 Å². The van der Waals surface area contributed by atoms with E-state index in [0.29, 0.717) is 0 Å². The van der Waals surface area contributed by atoms with Crippen molar-refractivity contribution in [3.63, 3.8) is 0 Å². The van der Waals surface area contributed by atoms with Crippen LogP contribution in [0.5, 0.6) is 0 Å². The first-order chi connectivity index (χ1) is 6.33. The monoisotopic (exact) mass is 180 g/mol. The van der Waals surface area contributed by atoms with Crippen LogP contribution < -0.4 is 0 Å². The van der Waals surface area contributed by atoms with E-state index in [1.54, 1.807) is 19.3 Å². The maximum absolute atomic E-state index is 2.50. The Bertz CT molecular complexity index is 161. The van der Waals surface area contributed by atoms with Gasteiger partial charge in [-0.05, 0) is 42.9 Å². The molecule has 0 nitrogen and oxygen atoms in total. The predicted octanol–water partition coefficient (Wildman–Crippen LogP) is 4.25.